The SMILES string of the molecule is O=C(NCCc1cccs1)c1cc(O)ccc1Cl. The molecule has 0 atom stereocenters. The maximum Gasteiger partial charge on any atom is 0.252 e. The summed E-state index contributed by atoms with van der Waals surface area (Å²) in [5.41, 5.74) is 0.294. The number of thiophene rings is 1. The molecule has 2 rings (SSSR count). The van der Waals surface area contributed by atoms with Crippen molar-refractivity contribution >= 4 is 28.8 Å². The highest BCUT2D eigenvalue weighted by atomic mass is 35.5. The van der Waals surface area contributed by atoms with Gasteiger partial charge in [-0.25, -0.2) is 0 Å². The Morgan fingerprint density at radius 1 is 1.39 bits per heavy atom. The number of phenols is 1. The van der Waals surface area contributed by atoms with Crippen LogP contribution in [0.4, 0.5) is 0 Å². The number of carbonyl (C=O) groups is 1. The van der Waals surface area contributed by atoms with E-state index in [4.69, 9.17) is 11.6 Å². The van der Waals surface area contributed by atoms with Gasteiger partial charge in [0.1, 0.15) is 5.75 Å². The van der Waals surface area contributed by atoms with Crippen molar-refractivity contribution in [2.24, 2.45) is 0 Å². The Kier molecular flexibility index (Phi) is 4.23. The van der Waals surface area contributed by atoms with Crippen molar-refractivity contribution in [3.8, 4) is 5.75 Å². The first-order chi connectivity index (χ1) is 8.66. The molecular formula is C13H12ClNO2S. The third-order valence-electron chi connectivity index (χ3n) is 2.43. The van der Waals surface area contributed by atoms with Crippen LogP contribution in [0, 0.1) is 0 Å². The first-order valence-electron chi connectivity index (χ1n) is 5.46. The molecule has 3 nitrogen and oxygen atoms in total. The molecule has 1 amide bonds. The Bertz CT molecular complexity index is 540. The number of hydrogen-bond acceptors (Lipinski definition) is 3. The second-order valence-electron chi connectivity index (χ2n) is 3.75. The van der Waals surface area contributed by atoms with Crippen LogP contribution < -0.4 is 5.32 Å². The van der Waals surface area contributed by atoms with E-state index in [0.29, 0.717) is 17.1 Å². The molecule has 0 unspecified atom stereocenters. The minimum absolute atomic E-state index is 0.0304. The summed E-state index contributed by atoms with van der Waals surface area (Å²) in [6.45, 7) is 0.547. The Labute approximate surface area is 114 Å². The Morgan fingerprint density at radius 3 is 2.94 bits per heavy atom. The molecule has 0 spiro atoms. The molecule has 0 saturated heterocycles. The van der Waals surface area contributed by atoms with Gasteiger partial charge in [-0.1, -0.05) is 17.7 Å². The molecule has 0 aliphatic heterocycles. The van der Waals surface area contributed by atoms with Gasteiger partial charge in [-0.05, 0) is 36.1 Å². The number of halogens is 1. The van der Waals surface area contributed by atoms with E-state index >= 15 is 0 Å². The van der Waals surface area contributed by atoms with Gasteiger partial charge in [-0.2, -0.15) is 0 Å². The average Bonchev–Trinajstić information content (AvgIpc) is 2.85. The lowest BCUT2D eigenvalue weighted by atomic mass is 10.2. The third-order valence-corrected chi connectivity index (χ3v) is 3.70. The molecular weight excluding hydrogens is 270 g/mol. The van der Waals surface area contributed by atoms with Gasteiger partial charge in [0.05, 0.1) is 10.6 Å². The molecule has 0 fully saturated rings. The lowest BCUT2D eigenvalue weighted by Gasteiger charge is -2.06. The van der Waals surface area contributed by atoms with Crippen LogP contribution in [-0.4, -0.2) is 17.6 Å². The summed E-state index contributed by atoms with van der Waals surface area (Å²) in [7, 11) is 0. The van der Waals surface area contributed by atoms with E-state index in [-0.39, 0.29) is 11.7 Å². The van der Waals surface area contributed by atoms with Crippen molar-refractivity contribution < 1.29 is 9.90 Å². The number of phenolic OH excluding ortho intramolecular Hbond substituents is 1. The van der Waals surface area contributed by atoms with Gasteiger partial charge in [0.15, 0.2) is 0 Å². The monoisotopic (exact) mass is 281 g/mol. The van der Waals surface area contributed by atoms with Crippen LogP contribution >= 0.6 is 22.9 Å². The van der Waals surface area contributed by atoms with Crippen LogP contribution in [0.1, 0.15) is 15.2 Å². The van der Waals surface area contributed by atoms with Crippen LogP contribution in [0.5, 0.6) is 5.75 Å². The van der Waals surface area contributed by atoms with E-state index in [2.05, 4.69) is 5.32 Å². The summed E-state index contributed by atoms with van der Waals surface area (Å²) >= 11 is 7.56. The molecule has 1 aromatic heterocycles. The number of rotatable bonds is 4. The summed E-state index contributed by atoms with van der Waals surface area (Å²) in [5.74, 6) is -0.240. The number of carbonyl (C=O) groups excluding carboxylic acids is 1. The number of hydrogen-bond donors (Lipinski definition) is 2. The van der Waals surface area contributed by atoms with Gasteiger partial charge < -0.3 is 10.4 Å². The molecule has 18 heavy (non-hydrogen) atoms. The van der Waals surface area contributed by atoms with Crippen LogP contribution in [0.25, 0.3) is 0 Å². The van der Waals surface area contributed by atoms with E-state index in [0.717, 1.165) is 6.42 Å². The van der Waals surface area contributed by atoms with Gasteiger partial charge >= 0.3 is 0 Å². The van der Waals surface area contributed by atoms with Crippen molar-refractivity contribution in [2.45, 2.75) is 6.42 Å². The van der Waals surface area contributed by atoms with Crippen molar-refractivity contribution in [3.63, 3.8) is 0 Å². The molecule has 0 radical (unpaired) electrons. The maximum atomic E-state index is 11.8. The largest absolute Gasteiger partial charge is 0.508 e. The summed E-state index contributed by atoms with van der Waals surface area (Å²) < 4.78 is 0. The highest BCUT2D eigenvalue weighted by molar-refractivity contribution is 7.09. The zero-order valence-corrected chi connectivity index (χ0v) is 11.1. The minimum atomic E-state index is -0.271. The molecule has 0 aliphatic rings. The molecule has 5 heteroatoms. The zero-order chi connectivity index (χ0) is 13.0. The molecule has 0 saturated carbocycles. The van der Waals surface area contributed by atoms with E-state index < -0.39 is 0 Å². The Morgan fingerprint density at radius 2 is 2.22 bits per heavy atom. The van der Waals surface area contributed by atoms with Gasteiger partial charge in [-0.15, -0.1) is 11.3 Å². The normalized spacial score (nSPS) is 10.3. The van der Waals surface area contributed by atoms with E-state index in [9.17, 15) is 9.90 Å². The summed E-state index contributed by atoms with van der Waals surface area (Å²) in [6.07, 6.45) is 0.792. The van der Waals surface area contributed by atoms with Crippen LogP contribution in [-0.2, 0) is 6.42 Å². The van der Waals surface area contributed by atoms with Gasteiger partial charge in [0.25, 0.3) is 5.91 Å². The minimum Gasteiger partial charge on any atom is -0.508 e. The first-order valence-corrected chi connectivity index (χ1v) is 6.71. The fourth-order valence-electron chi connectivity index (χ4n) is 1.54. The smallest absolute Gasteiger partial charge is 0.252 e. The standard InChI is InChI=1S/C13H12ClNO2S/c14-12-4-3-9(16)8-11(12)13(17)15-6-5-10-2-1-7-18-10/h1-4,7-8,16H,5-6H2,(H,15,17). The summed E-state index contributed by atoms with van der Waals surface area (Å²) in [4.78, 5) is 13.1. The lowest BCUT2D eigenvalue weighted by Crippen LogP contribution is -2.25. The predicted octanol–water partition coefficient (Wildman–Crippen LogP) is 3.08. The number of amides is 1. The average molecular weight is 282 g/mol. The quantitative estimate of drug-likeness (QED) is 0.905. The van der Waals surface area contributed by atoms with E-state index in [1.807, 2.05) is 17.5 Å². The summed E-state index contributed by atoms with van der Waals surface area (Å²) in [5, 5.41) is 14.4. The zero-order valence-electron chi connectivity index (χ0n) is 9.52. The van der Waals surface area contributed by atoms with Crippen molar-refractivity contribution in [1.82, 2.24) is 5.32 Å². The third kappa shape index (κ3) is 3.24. The number of benzene rings is 1. The molecule has 0 bridgehead atoms. The van der Waals surface area contributed by atoms with Crippen LogP contribution in [0.2, 0.25) is 5.02 Å². The predicted molar refractivity (Wildman–Crippen MR) is 73.5 cm³/mol. The highest BCUT2D eigenvalue weighted by Gasteiger charge is 2.10. The second kappa shape index (κ2) is 5.89. The molecule has 0 aliphatic carbocycles. The topological polar surface area (TPSA) is 49.3 Å². The highest BCUT2D eigenvalue weighted by Crippen LogP contribution is 2.20. The summed E-state index contributed by atoms with van der Waals surface area (Å²) in [6, 6.07) is 8.32. The van der Waals surface area contributed by atoms with Crippen LogP contribution in [0.3, 0.4) is 0 Å². The van der Waals surface area contributed by atoms with Gasteiger partial charge in [0.2, 0.25) is 0 Å². The molecule has 2 N–H and O–H groups in total. The van der Waals surface area contributed by atoms with E-state index in [1.165, 1.54) is 23.1 Å². The molecule has 1 aromatic carbocycles. The van der Waals surface area contributed by atoms with Crippen LogP contribution in [0.15, 0.2) is 35.7 Å². The maximum absolute atomic E-state index is 11.8. The second-order valence-corrected chi connectivity index (χ2v) is 5.19. The van der Waals surface area contributed by atoms with Crippen molar-refractivity contribution in [1.29, 1.82) is 0 Å². The first kappa shape index (κ1) is 12.9. The van der Waals surface area contributed by atoms with Crippen molar-refractivity contribution in [2.75, 3.05) is 6.54 Å². The lowest BCUT2D eigenvalue weighted by molar-refractivity contribution is 0.0954. The Hall–Kier alpha value is -1.52. The number of aromatic hydroxyl groups is 1. The molecule has 2 aromatic rings. The molecule has 94 valence electrons. The van der Waals surface area contributed by atoms with Crippen molar-refractivity contribution in [3.05, 3.63) is 51.2 Å². The van der Waals surface area contributed by atoms with Gasteiger partial charge in [0, 0.05) is 11.4 Å². The van der Waals surface area contributed by atoms with Gasteiger partial charge in [-0.3, -0.25) is 4.79 Å². The fraction of sp³-hybridized carbons (Fsp3) is 0.154. The molecule has 1 heterocycles. The fourth-order valence-corrected chi connectivity index (χ4v) is 2.45. The van der Waals surface area contributed by atoms with E-state index in [1.54, 1.807) is 11.3 Å². The number of nitrogens with one attached hydrogen (secondary N) is 1. The Balaban J connectivity index is 1.93.